The molecule has 3 aromatic rings. The number of thiophene rings is 1. The molecule has 1 N–H and O–H groups in total. The second kappa shape index (κ2) is 4.73. The largest absolute Gasteiger partial charge is 0.368 e. The quantitative estimate of drug-likeness (QED) is 0.779. The number of anilines is 1. The van der Waals surface area contributed by atoms with E-state index in [1.165, 1.54) is 5.56 Å². The molecule has 0 aliphatic heterocycles. The van der Waals surface area contributed by atoms with Crippen LogP contribution in [-0.4, -0.2) is 26.1 Å². The van der Waals surface area contributed by atoms with Gasteiger partial charge in [0, 0.05) is 13.6 Å². The van der Waals surface area contributed by atoms with Gasteiger partial charge in [-0.2, -0.15) is 11.3 Å². The van der Waals surface area contributed by atoms with Crippen LogP contribution in [0.5, 0.6) is 0 Å². The maximum atomic E-state index is 4.31. The van der Waals surface area contributed by atoms with Crippen molar-refractivity contribution < 1.29 is 0 Å². The van der Waals surface area contributed by atoms with Crippen LogP contribution in [0.2, 0.25) is 0 Å². The molecule has 0 fully saturated rings. The zero-order valence-electron chi connectivity index (χ0n) is 10.00. The van der Waals surface area contributed by atoms with Gasteiger partial charge < -0.3 is 9.88 Å². The van der Waals surface area contributed by atoms with Crippen LogP contribution in [0.3, 0.4) is 0 Å². The fourth-order valence-electron chi connectivity index (χ4n) is 1.83. The van der Waals surface area contributed by atoms with Crippen LogP contribution in [0.4, 0.5) is 5.82 Å². The molecule has 5 nitrogen and oxygen atoms in total. The van der Waals surface area contributed by atoms with Crippen molar-refractivity contribution in [2.24, 2.45) is 7.05 Å². The number of nitrogens with one attached hydrogen (secondary N) is 1. The van der Waals surface area contributed by atoms with E-state index in [0.29, 0.717) is 0 Å². The van der Waals surface area contributed by atoms with E-state index in [2.05, 4.69) is 37.1 Å². The highest BCUT2D eigenvalue weighted by atomic mass is 32.1. The maximum Gasteiger partial charge on any atom is 0.165 e. The van der Waals surface area contributed by atoms with Gasteiger partial charge in [0.1, 0.15) is 11.8 Å². The van der Waals surface area contributed by atoms with Gasteiger partial charge in [0.25, 0.3) is 0 Å². The normalized spacial score (nSPS) is 10.9. The fourth-order valence-corrected chi connectivity index (χ4v) is 2.54. The lowest BCUT2D eigenvalue weighted by Gasteiger charge is -2.04. The van der Waals surface area contributed by atoms with Gasteiger partial charge in [-0.15, -0.1) is 0 Å². The first-order chi connectivity index (χ1) is 8.84. The Labute approximate surface area is 109 Å². The Kier molecular flexibility index (Phi) is 2.93. The SMILES string of the molecule is Cn1cnc2c(NCCc3ccsc3)ncnc21. The summed E-state index contributed by atoms with van der Waals surface area (Å²) in [5.41, 5.74) is 3.02. The van der Waals surface area contributed by atoms with Gasteiger partial charge in [-0.25, -0.2) is 15.0 Å². The summed E-state index contributed by atoms with van der Waals surface area (Å²) in [4.78, 5) is 12.8. The van der Waals surface area contributed by atoms with Crippen LogP contribution in [0.15, 0.2) is 29.5 Å². The van der Waals surface area contributed by atoms with Gasteiger partial charge in [-0.3, -0.25) is 0 Å². The molecule has 0 unspecified atom stereocenters. The molecular formula is C12H13N5S. The summed E-state index contributed by atoms with van der Waals surface area (Å²) in [5, 5.41) is 7.58. The van der Waals surface area contributed by atoms with Crippen molar-refractivity contribution in [3.8, 4) is 0 Å². The molecular weight excluding hydrogens is 246 g/mol. The molecule has 92 valence electrons. The van der Waals surface area contributed by atoms with E-state index >= 15 is 0 Å². The third-order valence-corrected chi connectivity index (χ3v) is 3.52. The van der Waals surface area contributed by atoms with Crippen molar-refractivity contribution in [1.29, 1.82) is 0 Å². The number of hydrogen-bond donors (Lipinski definition) is 1. The Bertz CT molecular complexity index is 644. The molecule has 0 saturated carbocycles. The lowest BCUT2D eigenvalue weighted by Crippen LogP contribution is -2.06. The molecule has 0 radical (unpaired) electrons. The summed E-state index contributed by atoms with van der Waals surface area (Å²) >= 11 is 1.72. The maximum absolute atomic E-state index is 4.31. The Morgan fingerprint density at radius 2 is 2.28 bits per heavy atom. The first-order valence-corrected chi connectivity index (χ1v) is 6.66. The highest BCUT2D eigenvalue weighted by molar-refractivity contribution is 7.07. The molecule has 3 aromatic heterocycles. The number of rotatable bonds is 4. The molecule has 18 heavy (non-hydrogen) atoms. The topological polar surface area (TPSA) is 55.6 Å². The number of nitrogens with zero attached hydrogens (tertiary/aromatic N) is 4. The molecule has 0 atom stereocenters. The van der Waals surface area contributed by atoms with Crippen molar-refractivity contribution in [3.63, 3.8) is 0 Å². The highest BCUT2D eigenvalue weighted by Gasteiger charge is 2.07. The van der Waals surface area contributed by atoms with Gasteiger partial charge in [0.2, 0.25) is 0 Å². The average molecular weight is 259 g/mol. The van der Waals surface area contributed by atoms with Crippen LogP contribution in [0, 0.1) is 0 Å². The second-order valence-electron chi connectivity index (χ2n) is 4.06. The average Bonchev–Trinajstić information content (AvgIpc) is 3.01. The molecule has 0 aliphatic carbocycles. The standard InChI is InChI=1S/C12H13N5S/c1-17-8-16-10-11(14-7-15-12(10)17)13-4-2-9-3-5-18-6-9/h3,5-8H,2,4H2,1H3,(H,13,14,15). The Morgan fingerprint density at radius 3 is 3.11 bits per heavy atom. The minimum absolute atomic E-state index is 0.802. The number of fused-ring (bicyclic) bond motifs is 1. The van der Waals surface area contributed by atoms with Gasteiger partial charge >= 0.3 is 0 Å². The molecule has 0 bridgehead atoms. The molecule has 0 amide bonds. The van der Waals surface area contributed by atoms with E-state index in [0.717, 1.165) is 29.9 Å². The molecule has 3 rings (SSSR count). The Hall–Kier alpha value is -1.95. The number of aromatic nitrogens is 4. The fraction of sp³-hybridized carbons (Fsp3) is 0.250. The second-order valence-corrected chi connectivity index (χ2v) is 4.84. The van der Waals surface area contributed by atoms with E-state index in [1.807, 2.05) is 11.6 Å². The summed E-state index contributed by atoms with van der Waals surface area (Å²) < 4.78 is 1.89. The minimum Gasteiger partial charge on any atom is -0.368 e. The number of imidazole rings is 1. The Balaban J connectivity index is 1.74. The molecule has 3 heterocycles. The van der Waals surface area contributed by atoms with Crippen LogP contribution in [-0.2, 0) is 13.5 Å². The monoisotopic (exact) mass is 259 g/mol. The van der Waals surface area contributed by atoms with Crippen LogP contribution in [0.1, 0.15) is 5.56 Å². The van der Waals surface area contributed by atoms with Gasteiger partial charge in [-0.1, -0.05) is 0 Å². The van der Waals surface area contributed by atoms with E-state index in [-0.39, 0.29) is 0 Å². The van der Waals surface area contributed by atoms with Gasteiger partial charge in [0.15, 0.2) is 11.5 Å². The van der Waals surface area contributed by atoms with E-state index in [9.17, 15) is 0 Å². The predicted octanol–water partition coefficient (Wildman–Crippen LogP) is 2.08. The molecule has 0 spiro atoms. The summed E-state index contributed by atoms with van der Waals surface area (Å²) in [6, 6.07) is 2.14. The summed E-state index contributed by atoms with van der Waals surface area (Å²) in [7, 11) is 1.93. The zero-order valence-corrected chi connectivity index (χ0v) is 10.8. The minimum atomic E-state index is 0.802. The molecule has 0 saturated heterocycles. The number of aryl methyl sites for hydroxylation is 1. The highest BCUT2D eigenvalue weighted by Crippen LogP contribution is 2.16. The smallest absolute Gasteiger partial charge is 0.165 e. The zero-order chi connectivity index (χ0) is 12.4. The number of hydrogen-bond acceptors (Lipinski definition) is 5. The van der Waals surface area contributed by atoms with Gasteiger partial charge in [0.05, 0.1) is 6.33 Å². The van der Waals surface area contributed by atoms with E-state index in [4.69, 9.17) is 0 Å². The van der Waals surface area contributed by atoms with Crippen LogP contribution >= 0.6 is 11.3 Å². The molecule has 6 heteroatoms. The van der Waals surface area contributed by atoms with Crippen molar-refractivity contribution in [2.45, 2.75) is 6.42 Å². The third-order valence-electron chi connectivity index (χ3n) is 2.78. The lowest BCUT2D eigenvalue weighted by molar-refractivity contribution is 0.927. The first-order valence-electron chi connectivity index (χ1n) is 5.71. The van der Waals surface area contributed by atoms with E-state index < -0.39 is 0 Å². The predicted molar refractivity (Wildman–Crippen MR) is 72.8 cm³/mol. The lowest BCUT2D eigenvalue weighted by atomic mass is 10.2. The van der Waals surface area contributed by atoms with Crippen molar-refractivity contribution in [2.75, 3.05) is 11.9 Å². The summed E-state index contributed by atoms with van der Waals surface area (Å²) in [6.45, 7) is 0.847. The third kappa shape index (κ3) is 2.06. The van der Waals surface area contributed by atoms with Crippen LogP contribution in [0.25, 0.3) is 11.2 Å². The van der Waals surface area contributed by atoms with E-state index in [1.54, 1.807) is 24.0 Å². The molecule has 0 aromatic carbocycles. The first kappa shape index (κ1) is 11.2. The summed E-state index contributed by atoms with van der Waals surface area (Å²) in [5.74, 6) is 0.802. The van der Waals surface area contributed by atoms with Crippen molar-refractivity contribution in [3.05, 3.63) is 35.0 Å². The van der Waals surface area contributed by atoms with Gasteiger partial charge in [-0.05, 0) is 28.8 Å². The Morgan fingerprint density at radius 1 is 1.33 bits per heavy atom. The summed E-state index contributed by atoms with van der Waals surface area (Å²) in [6.07, 6.45) is 4.31. The van der Waals surface area contributed by atoms with Crippen molar-refractivity contribution in [1.82, 2.24) is 19.5 Å². The van der Waals surface area contributed by atoms with Crippen LogP contribution < -0.4 is 5.32 Å². The van der Waals surface area contributed by atoms with Crippen molar-refractivity contribution >= 4 is 28.3 Å². The molecule has 0 aliphatic rings.